The van der Waals surface area contributed by atoms with Crippen LogP contribution in [0.25, 0.3) is 11.0 Å². The van der Waals surface area contributed by atoms with Crippen LogP contribution < -0.4 is 0 Å². The van der Waals surface area contributed by atoms with Crippen LogP contribution in [0.15, 0.2) is 30.6 Å². The van der Waals surface area contributed by atoms with E-state index in [2.05, 4.69) is 9.97 Å². The van der Waals surface area contributed by atoms with Gasteiger partial charge in [0.15, 0.2) is 0 Å². The van der Waals surface area contributed by atoms with Crippen LogP contribution in [0.4, 0.5) is 0 Å². The Balaban J connectivity index is 1.60. The van der Waals surface area contributed by atoms with E-state index in [-0.39, 0.29) is 25.6 Å². The molecule has 7 heteroatoms. The number of aliphatic hydroxyl groups excluding tert-OH is 1. The van der Waals surface area contributed by atoms with Crippen molar-refractivity contribution < 1.29 is 9.90 Å². The van der Waals surface area contributed by atoms with Crippen molar-refractivity contribution in [2.75, 3.05) is 13.2 Å². The van der Waals surface area contributed by atoms with Crippen LogP contribution in [0.3, 0.4) is 0 Å². The maximum atomic E-state index is 13.0. The van der Waals surface area contributed by atoms with Gasteiger partial charge in [0, 0.05) is 18.2 Å². The normalized spacial score (nSPS) is 14.1. The SMILES string of the molecule is Cc1[nH]cnc1CN(CCO)C(=O)Cn1c(C2CC2)nc2ccccc21. The summed E-state index contributed by atoms with van der Waals surface area (Å²) in [5.74, 6) is 1.42. The van der Waals surface area contributed by atoms with E-state index in [9.17, 15) is 9.90 Å². The smallest absolute Gasteiger partial charge is 0.243 e. The fourth-order valence-electron chi connectivity index (χ4n) is 3.29. The average molecular weight is 353 g/mol. The van der Waals surface area contributed by atoms with Crippen LogP contribution >= 0.6 is 0 Å². The second kappa shape index (κ2) is 6.92. The van der Waals surface area contributed by atoms with Crippen LogP contribution in [-0.2, 0) is 17.9 Å². The number of aliphatic hydroxyl groups is 1. The van der Waals surface area contributed by atoms with Gasteiger partial charge in [-0.25, -0.2) is 9.97 Å². The molecule has 3 aromatic rings. The first-order chi connectivity index (χ1) is 12.7. The summed E-state index contributed by atoms with van der Waals surface area (Å²) in [6.45, 7) is 2.76. The Hall–Kier alpha value is -2.67. The number of aryl methyl sites for hydroxylation is 1. The van der Waals surface area contributed by atoms with Crippen molar-refractivity contribution in [3.05, 3.63) is 47.8 Å². The lowest BCUT2D eigenvalue weighted by Gasteiger charge is -2.22. The lowest BCUT2D eigenvalue weighted by Crippen LogP contribution is -2.36. The number of fused-ring (bicyclic) bond motifs is 1. The van der Waals surface area contributed by atoms with E-state index < -0.39 is 0 Å². The topological polar surface area (TPSA) is 87.0 Å². The molecule has 136 valence electrons. The molecule has 2 aromatic heterocycles. The molecule has 1 saturated carbocycles. The minimum absolute atomic E-state index is 0.0356. The standard InChI is InChI=1S/C19H23N5O2/c1-13-16(21-12-20-13)10-23(8-9-25)18(26)11-24-17-5-3-2-4-15(17)22-19(24)14-6-7-14/h2-5,12,14,25H,6-11H2,1H3,(H,20,21). The third kappa shape index (κ3) is 3.22. The lowest BCUT2D eigenvalue weighted by molar-refractivity contribution is -0.133. The molecule has 2 N–H and O–H groups in total. The van der Waals surface area contributed by atoms with Crippen molar-refractivity contribution in [1.82, 2.24) is 24.4 Å². The minimum Gasteiger partial charge on any atom is -0.395 e. The highest BCUT2D eigenvalue weighted by Gasteiger charge is 2.30. The molecule has 2 heterocycles. The van der Waals surface area contributed by atoms with E-state index in [1.54, 1.807) is 11.2 Å². The number of aromatic nitrogens is 4. The second-order valence-corrected chi connectivity index (χ2v) is 6.83. The molecule has 0 atom stereocenters. The number of nitrogens with zero attached hydrogens (tertiary/aromatic N) is 4. The molecule has 4 rings (SSSR count). The van der Waals surface area contributed by atoms with E-state index in [1.165, 1.54) is 0 Å². The molecule has 1 aliphatic carbocycles. The number of amides is 1. The summed E-state index contributed by atoms with van der Waals surface area (Å²) in [5.41, 5.74) is 3.68. The van der Waals surface area contributed by atoms with Gasteiger partial charge in [0.25, 0.3) is 0 Å². The monoisotopic (exact) mass is 353 g/mol. The second-order valence-electron chi connectivity index (χ2n) is 6.83. The first-order valence-corrected chi connectivity index (χ1v) is 9.00. The van der Waals surface area contributed by atoms with Crippen molar-refractivity contribution in [3.63, 3.8) is 0 Å². The number of benzene rings is 1. The highest BCUT2D eigenvalue weighted by atomic mass is 16.3. The Morgan fingerprint density at radius 3 is 2.88 bits per heavy atom. The van der Waals surface area contributed by atoms with Gasteiger partial charge in [-0.2, -0.15) is 0 Å². The Kier molecular flexibility index (Phi) is 4.46. The van der Waals surface area contributed by atoms with Crippen LogP contribution in [0.2, 0.25) is 0 Å². The summed E-state index contributed by atoms with van der Waals surface area (Å²) in [5, 5.41) is 9.39. The first-order valence-electron chi connectivity index (χ1n) is 9.00. The molecule has 1 amide bonds. The number of hydrogen-bond donors (Lipinski definition) is 2. The van der Waals surface area contributed by atoms with Gasteiger partial charge in [0.2, 0.25) is 5.91 Å². The predicted molar refractivity (Wildman–Crippen MR) is 97.5 cm³/mol. The maximum absolute atomic E-state index is 13.0. The van der Waals surface area contributed by atoms with E-state index in [4.69, 9.17) is 4.98 Å². The molecular weight excluding hydrogens is 330 g/mol. The van der Waals surface area contributed by atoms with Gasteiger partial charge < -0.3 is 19.6 Å². The Bertz CT molecular complexity index is 925. The van der Waals surface area contributed by atoms with Crippen LogP contribution in [0, 0.1) is 6.92 Å². The van der Waals surface area contributed by atoms with Crippen molar-refractivity contribution in [3.8, 4) is 0 Å². The Morgan fingerprint density at radius 2 is 2.19 bits per heavy atom. The lowest BCUT2D eigenvalue weighted by atomic mass is 10.3. The predicted octanol–water partition coefficient (Wildman–Crippen LogP) is 1.97. The van der Waals surface area contributed by atoms with Gasteiger partial charge in [0.1, 0.15) is 12.4 Å². The molecule has 26 heavy (non-hydrogen) atoms. The largest absolute Gasteiger partial charge is 0.395 e. The molecule has 0 saturated heterocycles. The van der Waals surface area contributed by atoms with Crippen LogP contribution in [0.5, 0.6) is 0 Å². The van der Waals surface area contributed by atoms with E-state index in [0.29, 0.717) is 12.5 Å². The number of aromatic amines is 1. The first kappa shape index (κ1) is 16.8. The quantitative estimate of drug-likeness (QED) is 0.680. The fourth-order valence-corrected chi connectivity index (χ4v) is 3.29. The number of carbonyl (C=O) groups is 1. The number of nitrogens with one attached hydrogen (secondary N) is 1. The zero-order chi connectivity index (χ0) is 18.1. The molecule has 0 spiro atoms. The third-order valence-corrected chi connectivity index (χ3v) is 4.92. The van der Waals surface area contributed by atoms with Crippen LogP contribution in [0.1, 0.15) is 36.0 Å². The zero-order valence-corrected chi connectivity index (χ0v) is 14.9. The molecular formula is C19H23N5O2. The fraction of sp³-hybridized carbons (Fsp3) is 0.421. The molecule has 0 radical (unpaired) electrons. The summed E-state index contributed by atoms with van der Waals surface area (Å²) in [4.78, 5) is 26.7. The molecule has 1 aromatic carbocycles. The molecule has 1 aliphatic rings. The maximum Gasteiger partial charge on any atom is 0.243 e. The molecule has 0 aliphatic heterocycles. The number of hydrogen-bond acceptors (Lipinski definition) is 4. The van der Waals surface area contributed by atoms with Crippen molar-refractivity contribution >= 4 is 16.9 Å². The average Bonchev–Trinajstić information content (AvgIpc) is 3.32. The summed E-state index contributed by atoms with van der Waals surface area (Å²) in [6.07, 6.45) is 3.88. The van der Waals surface area contributed by atoms with Gasteiger partial charge in [-0.15, -0.1) is 0 Å². The van der Waals surface area contributed by atoms with Crippen LogP contribution in [-0.4, -0.2) is 48.6 Å². The van der Waals surface area contributed by atoms with Crippen molar-refractivity contribution in [2.24, 2.45) is 0 Å². The number of carbonyl (C=O) groups excluding carboxylic acids is 1. The summed E-state index contributed by atoms with van der Waals surface area (Å²) in [6, 6.07) is 7.94. The highest BCUT2D eigenvalue weighted by molar-refractivity contribution is 5.81. The van der Waals surface area contributed by atoms with Gasteiger partial charge in [-0.3, -0.25) is 4.79 Å². The number of imidazole rings is 2. The summed E-state index contributed by atoms with van der Waals surface area (Å²) in [7, 11) is 0. The highest BCUT2D eigenvalue weighted by Crippen LogP contribution is 2.40. The Morgan fingerprint density at radius 1 is 1.38 bits per heavy atom. The molecule has 0 unspecified atom stereocenters. The molecule has 0 bridgehead atoms. The Labute approximate surface area is 151 Å². The number of rotatable bonds is 7. The minimum atomic E-state index is -0.0740. The molecule has 1 fully saturated rings. The van der Waals surface area contributed by atoms with Gasteiger partial charge in [0.05, 0.1) is 36.2 Å². The van der Waals surface area contributed by atoms with Crippen molar-refractivity contribution in [2.45, 2.75) is 38.8 Å². The van der Waals surface area contributed by atoms with Gasteiger partial charge >= 0.3 is 0 Å². The van der Waals surface area contributed by atoms with Gasteiger partial charge in [-0.1, -0.05) is 12.1 Å². The van der Waals surface area contributed by atoms with E-state index in [0.717, 1.165) is 41.1 Å². The van der Waals surface area contributed by atoms with E-state index in [1.807, 2.05) is 35.8 Å². The van der Waals surface area contributed by atoms with Gasteiger partial charge in [-0.05, 0) is 31.9 Å². The summed E-state index contributed by atoms with van der Waals surface area (Å²) >= 11 is 0. The van der Waals surface area contributed by atoms with Crippen molar-refractivity contribution in [1.29, 1.82) is 0 Å². The number of H-pyrrole nitrogens is 1. The van der Waals surface area contributed by atoms with E-state index >= 15 is 0 Å². The molecule has 7 nitrogen and oxygen atoms in total. The zero-order valence-electron chi connectivity index (χ0n) is 14.9. The third-order valence-electron chi connectivity index (χ3n) is 4.92. The number of para-hydroxylation sites is 2. The summed E-state index contributed by atoms with van der Waals surface area (Å²) < 4.78 is 2.04.